The summed E-state index contributed by atoms with van der Waals surface area (Å²) in [6.45, 7) is 6.08. The molecule has 2 N–H and O–H groups in total. The first-order chi connectivity index (χ1) is 12.0. The van der Waals surface area contributed by atoms with E-state index in [1.54, 1.807) is 11.0 Å². The van der Waals surface area contributed by atoms with Crippen molar-refractivity contribution in [1.82, 2.24) is 9.80 Å². The lowest BCUT2D eigenvalue weighted by atomic mass is 10.1. The van der Waals surface area contributed by atoms with Crippen LogP contribution in [0.2, 0.25) is 5.02 Å². The van der Waals surface area contributed by atoms with Gasteiger partial charge in [0.1, 0.15) is 0 Å². The fraction of sp³-hybridized carbons (Fsp3) is 0.611. The predicted molar refractivity (Wildman–Crippen MR) is 98.2 cm³/mol. The van der Waals surface area contributed by atoms with E-state index in [2.05, 4.69) is 10.2 Å². The third kappa shape index (κ3) is 4.85. The second kappa shape index (κ2) is 8.36. The Morgan fingerprint density at radius 1 is 1.40 bits per heavy atom. The number of benzene rings is 1. The molecule has 2 fully saturated rings. The maximum absolute atomic E-state index is 12.4. The second-order valence-electron chi connectivity index (χ2n) is 6.80. The standard InChI is InChI=1S/C18H26ClN3O3/c1-13-4-5-14(11-15(13)19)20-18(24)22-8-6-21(7-9-22)12-16(23)17-3-2-10-25-17/h4-5,11,16-17,23H,2-3,6-10,12H2,1H3,(H,20,24). The lowest BCUT2D eigenvalue weighted by molar-refractivity contribution is -0.0229. The minimum atomic E-state index is -0.447. The number of nitrogens with zero attached hydrogens (tertiary/aromatic N) is 2. The van der Waals surface area contributed by atoms with E-state index in [-0.39, 0.29) is 12.1 Å². The lowest BCUT2D eigenvalue weighted by Gasteiger charge is -2.36. The summed E-state index contributed by atoms with van der Waals surface area (Å²) in [5.41, 5.74) is 1.69. The van der Waals surface area contributed by atoms with E-state index in [1.165, 1.54) is 0 Å². The van der Waals surface area contributed by atoms with Crippen LogP contribution < -0.4 is 5.32 Å². The number of hydrogen-bond acceptors (Lipinski definition) is 4. The summed E-state index contributed by atoms with van der Waals surface area (Å²) in [5.74, 6) is 0. The molecular formula is C18H26ClN3O3. The van der Waals surface area contributed by atoms with Crippen molar-refractivity contribution in [2.75, 3.05) is 44.6 Å². The van der Waals surface area contributed by atoms with Crippen molar-refractivity contribution in [3.63, 3.8) is 0 Å². The van der Waals surface area contributed by atoms with Gasteiger partial charge >= 0.3 is 6.03 Å². The quantitative estimate of drug-likeness (QED) is 0.857. The zero-order chi connectivity index (χ0) is 17.8. The maximum atomic E-state index is 12.4. The molecule has 2 atom stereocenters. The molecule has 2 amide bonds. The maximum Gasteiger partial charge on any atom is 0.321 e. The monoisotopic (exact) mass is 367 g/mol. The molecule has 3 rings (SSSR count). The molecule has 0 radical (unpaired) electrons. The van der Waals surface area contributed by atoms with Crippen molar-refractivity contribution in [2.45, 2.75) is 32.0 Å². The topological polar surface area (TPSA) is 65.0 Å². The molecule has 138 valence electrons. The van der Waals surface area contributed by atoms with E-state index >= 15 is 0 Å². The van der Waals surface area contributed by atoms with Crippen LogP contribution in [0.25, 0.3) is 0 Å². The van der Waals surface area contributed by atoms with Gasteiger partial charge in [-0.1, -0.05) is 17.7 Å². The van der Waals surface area contributed by atoms with E-state index in [4.69, 9.17) is 16.3 Å². The van der Waals surface area contributed by atoms with Gasteiger partial charge in [-0.05, 0) is 37.5 Å². The third-order valence-corrected chi connectivity index (χ3v) is 5.33. The molecule has 2 aliphatic rings. The smallest absolute Gasteiger partial charge is 0.321 e. The predicted octanol–water partition coefficient (Wildman–Crippen LogP) is 2.34. The first kappa shape index (κ1) is 18.5. The summed E-state index contributed by atoms with van der Waals surface area (Å²) < 4.78 is 5.54. The number of β-amino-alcohol motifs (C(OH)–C–C–N with tert-alkyl or cyclic N) is 1. The molecule has 2 heterocycles. The SMILES string of the molecule is Cc1ccc(NC(=O)N2CCN(CC(O)C3CCCO3)CC2)cc1Cl. The first-order valence-corrected chi connectivity index (χ1v) is 9.25. The molecule has 2 aliphatic heterocycles. The van der Waals surface area contributed by atoms with Gasteiger partial charge in [0.25, 0.3) is 0 Å². The number of aliphatic hydroxyl groups excluding tert-OH is 1. The number of carbonyl (C=O) groups is 1. The largest absolute Gasteiger partial charge is 0.389 e. The van der Waals surface area contributed by atoms with Gasteiger partial charge in [0.2, 0.25) is 0 Å². The Morgan fingerprint density at radius 3 is 2.80 bits per heavy atom. The number of rotatable bonds is 4. The number of aryl methyl sites for hydroxylation is 1. The summed E-state index contributed by atoms with van der Waals surface area (Å²) in [5, 5.41) is 13.8. The second-order valence-corrected chi connectivity index (χ2v) is 7.21. The van der Waals surface area contributed by atoms with Crippen molar-refractivity contribution in [1.29, 1.82) is 0 Å². The van der Waals surface area contributed by atoms with E-state index in [0.717, 1.165) is 38.1 Å². The van der Waals surface area contributed by atoms with E-state index < -0.39 is 6.10 Å². The summed E-state index contributed by atoms with van der Waals surface area (Å²) in [6, 6.07) is 5.40. The minimum absolute atomic E-state index is 0.0346. The van der Waals surface area contributed by atoms with Gasteiger partial charge in [-0.2, -0.15) is 0 Å². The molecule has 0 bridgehead atoms. The van der Waals surface area contributed by atoms with E-state index in [9.17, 15) is 9.90 Å². The lowest BCUT2D eigenvalue weighted by Crippen LogP contribution is -2.52. The van der Waals surface area contributed by atoms with Crippen LogP contribution in [-0.4, -0.2) is 72.5 Å². The molecule has 1 aromatic rings. The Balaban J connectivity index is 1.44. The number of halogens is 1. The Hall–Kier alpha value is -1.34. The minimum Gasteiger partial charge on any atom is -0.389 e. The molecule has 0 aromatic heterocycles. The number of nitrogens with one attached hydrogen (secondary N) is 1. The molecule has 7 heteroatoms. The Labute approximate surface area is 153 Å². The Morgan fingerprint density at radius 2 is 2.16 bits per heavy atom. The molecule has 2 unspecified atom stereocenters. The average molecular weight is 368 g/mol. The number of aliphatic hydroxyl groups is 1. The van der Waals surface area contributed by atoms with E-state index in [1.807, 2.05) is 19.1 Å². The van der Waals surface area contributed by atoms with E-state index in [0.29, 0.717) is 30.3 Å². The highest BCUT2D eigenvalue weighted by molar-refractivity contribution is 6.31. The van der Waals surface area contributed by atoms with Crippen LogP contribution in [0.3, 0.4) is 0 Å². The van der Waals surface area contributed by atoms with Gasteiger partial charge in [0.05, 0.1) is 12.2 Å². The number of piperazine rings is 1. The summed E-state index contributed by atoms with van der Waals surface area (Å²) in [6.07, 6.45) is 1.48. The van der Waals surface area contributed by atoms with Gasteiger partial charge in [0.15, 0.2) is 0 Å². The molecule has 1 aromatic carbocycles. The van der Waals surface area contributed by atoms with Crippen LogP contribution >= 0.6 is 11.6 Å². The van der Waals surface area contributed by atoms with Crippen LogP contribution in [0.1, 0.15) is 18.4 Å². The summed E-state index contributed by atoms with van der Waals surface area (Å²) in [7, 11) is 0. The zero-order valence-corrected chi connectivity index (χ0v) is 15.3. The van der Waals surface area contributed by atoms with Crippen LogP contribution in [0, 0.1) is 6.92 Å². The van der Waals surface area contributed by atoms with Crippen LogP contribution in [0.5, 0.6) is 0 Å². The van der Waals surface area contributed by atoms with Crippen LogP contribution in [-0.2, 0) is 4.74 Å². The molecule has 2 saturated heterocycles. The van der Waals surface area contributed by atoms with Gasteiger partial charge in [-0.25, -0.2) is 4.79 Å². The van der Waals surface area contributed by atoms with Crippen LogP contribution in [0.4, 0.5) is 10.5 Å². The van der Waals surface area contributed by atoms with Crippen molar-refractivity contribution in [2.24, 2.45) is 0 Å². The molecule has 6 nitrogen and oxygen atoms in total. The van der Waals surface area contributed by atoms with Gasteiger partial charge in [-0.15, -0.1) is 0 Å². The highest BCUT2D eigenvalue weighted by atomic mass is 35.5. The summed E-state index contributed by atoms with van der Waals surface area (Å²) >= 11 is 6.10. The number of hydrogen-bond donors (Lipinski definition) is 2. The van der Waals surface area contributed by atoms with Crippen LogP contribution in [0.15, 0.2) is 18.2 Å². The molecule has 0 spiro atoms. The fourth-order valence-corrected chi connectivity index (χ4v) is 3.48. The van der Waals surface area contributed by atoms with Gasteiger partial charge < -0.3 is 20.1 Å². The van der Waals surface area contributed by atoms with Gasteiger partial charge in [0, 0.05) is 50.0 Å². The number of amides is 2. The molecular weight excluding hydrogens is 342 g/mol. The van der Waals surface area contributed by atoms with Gasteiger partial charge in [-0.3, -0.25) is 4.90 Å². The molecule has 0 saturated carbocycles. The number of anilines is 1. The highest BCUT2D eigenvalue weighted by Crippen LogP contribution is 2.21. The summed E-state index contributed by atoms with van der Waals surface area (Å²) in [4.78, 5) is 16.4. The number of carbonyl (C=O) groups excluding carboxylic acids is 1. The van der Waals surface area contributed by atoms with Crippen molar-refractivity contribution in [3.05, 3.63) is 28.8 Å². The average Bonchev–Trinajstić information content (AvgIpc) is 3.13. The fourth-order valence-electron chi connectivity index (χ4n) is 3.29. The number of ether oxygens (including phenoxy) is 1. The number of urea groups is 1. The van der Waals surface area contributed by atoms with Crippen molar-refractivity contribution < 1.29 is 14.6 Å². The Bertz CT molecular complexity index is 599. The molecule has 0 aliphatic carbocycles. The highest BCUT2D eigenvalue weighted by Gasteiger charge is 2.28. The van der Waals surface area contributed by atoms with Crippen molar-refractivity contribution >= 4 is 23.3 Å². The Kier molecular flexibility index (Phi) is 6.17. The molecule has 25 heavy (non-hydrogen) atoms. The zero-order valence-electron chi connectivity index (χ0n) is 14.6. The normalized spacial score (nSPS) is 22.8. The van der Waals surface area contributed by atoms with Crippen molar-refractivity contribution in [3.8, 4) is 0 Å². The third-order valence-electron chi connectivity index (χ3n) is 4.92. The first-order valence-electron chi connectivity index (χ1n) is 8.87.